The predicted octanol–water partition coefficient (Wildman–Crippen LogP) is 2.96. The number of likely N-dealkylation sites (tertiary alicyclic amines) is 1. The molecule has 0 aliphatic carbocycles. The van der Waals surface area contributed by atoms with Crippen molar-refractivity contribution in [2.24, 2.45) is 5.73 Å². The van der Waals surface area contributed by atoms with Crippen LogP contribution in [0.2, 0.25) is 0 Å². The summed E-state index contributed by atoms with van der Waals surface area (Å²) in [5.74, 6) is 0.907. The summed E-state index contributed by atoms with van der Waals surface area (Å²) in [6, 6.07) is 8.31. The maximum absolute atomic E-state index is 6.27. The lowest BCUT2D eigenvalue weighted by Crippen LogP contribution is -2.29. The van der Waals surface area contributed by atoms with Crippen molar-refractivity contribution in [3.63, 3.8) is 0 Å². The second kappa shape index (κ2) is 5.93. The quantitative estimate of drug-likeness (QED) is 0.906. The van der Waals surface area contributed by atoms with Crippen LogP contribution in [0.25, 0.3) is 0 Å². The molecule has 19 heavy (non-hydrogen) atoms. The van der Waals surface area contributed by atoms with E-state index in [1.54, 1.807) is 0 Å². The summed E-state index contributed by atoms with van der Waals surface area (Å²) in [5, 5.41) is 0. The van der Waals surface area contributed by atoms with Gasteiger partial charge in [0.25, 0.3) is 0 Å². The van der Waals surface area contributed by atoms with E-state index in [-0.39, 0.29) is 11.6 Å². The van der Waals surface area contributed by atoms with Gasteiger partial charge in [0.05, 0.1) is 0 Å². The first-order chi connectivity index (χ1) is 8.94. The third-order valence-corrected chi connectivity index (χ3v) is 3.39. The minimum absolute atomic E-state index is 0.0989. The lowest BCUT2D eigenvalue weighted by molar-refractivity contribution is 0.131. The molecule has 0 aromatic heterocycles. The van der Waals surface area contributed by atoms with E-state index in [2.05, 4.69) is 37.8 Å². The van der Waals surface area contributed by atoms with Gasteiger partial charge in [-0.2, -0.15) is 0 Å². The Morgan fingerprint density at radius 2 is 1.74 bits per heavy atom. The Balaban J connectivity index is 1.93. The Hall–Kier alpha value is -1.06. The molecule has 0 radical (unpaired) electrons. The van der Waals surface area contributed by atoms with Gasteiger partial charge >= 0.3 is 0 Å². The molecule has 106 valence electrons. The molecule has 1 atom stereocenters. The lowest BCUT2D eigenvalue weighted by Gasteiger charge is -2.23. The molecule has 2 rings (SSSR count). The maximum Gasteiger partial charge on any atom is 0.120 e. The normalized spacial score (nSPS) is 18.5. The van der Waals surface area contributed by atoms with Crippen molar-refractivity contribution in [1.82, 2.24) is 4.90 Å². The zero-order valence-electron chi connectivity index (χ0n) is 12.4. The monoisotopic (exact) mass is 262 g/mol. The average Bonchev–Trinajstić information content (AvgIpc) is 2.80. The van der Waals surface area contributed by atoms with Crippen LogP contribution in [0, 0.1) is 0 Å². The molecule has 0 bridgehead atoms. The van der Waals surface area contributed by atoms with Crippen molar-refractivity contribution < 1.29 is 4.74 Å². The average molecular weight is 262 g/mol. The van der Waals surface area contributed by atoms with Gasteiger partial charge < -0.3 is 15.4 Å². The summed E-state index contributed by atoms with van der Waals surface area (Å²) < 4.78 is 5.82. The second-order valence-corrected chi connectivity index (χ2v) is 6.40. The fourth-order valence-corrected chi connectivity index (χ4v) is 2.49. The lowest BCUT2D eigenvalue weighted by atomic mass is 10.1. The van der Waals surface area contributed by atoms with Crippen LogP contribution in [-0.4, -0.2) is 30.1 Å². The van der Waals surface area contributed by atoms with E-state index in [1.165, 1.54) is 31.5 Å². The van der Waals surface area contributed by atoms with Crippen molar-refractivity contribution in [2.45, 2.75) is 45.3 Å². The Morgan fingerprint density at radius 1 is 1.16 bits per heavy atom. The fraction of sp³-hybridized carbons (Fsp3) is 0.625. The van der Waals surface area contributed by atoms with Gasteiger partial charge in [0, 0.05) is 12.6 Å². The highest BCUT2D eigenvalue weighted by Gasteiger charge is 2.16. The van der Waals surface area contributed by atoms with Gasteiger partial charge in [-0.3, -0.25) is 0 Å². The van der Waals surface area contributed by atoms with E-state index in [9.17, 15) is 0 Å². The largest absolute Gasteiger partial charge is 0.488 e. The van der Waals surface area contributed by atoms with Gasteiger partial charge in [0.2, 0.25) is 0 Å². The Bertz CT molecular complexity index is 388. The van der Waals surface area contributed by atoms with Crippen molar-refractivity contribution >= 4 is 0 Å². The van der Waals surface area contributed by atoms with Gasteiger partial charge in [-0.15, -0.1) is 0 Å². The van der Waals surface area contributed by atoms with Crippen LogP contribution in [0.3, 0.4) is 0 Å². The summed E-state index contributed by atoms with van der Waals surface area (Å²) in [7, 11) is 0. The number of hydrogen-bond donors (Lipinski definition) is 1. The molecule has 1 aliphatic rings. The number of rotatable bonds is 4. The third-order valence-electron chi connectivity index (χ3n) is 3.39. The molecular weight excluding hydrogens is 236 g/mol. The predicted molar refractivity (Wildman–Crippen MR) is 79.4 cm³/mol. The molecule has 3 heteroatoms. The minimum Gasteiger partial charge on any atom is -0.488 e. The van der Waals surface area contributed by atoms with Gasteiger partial charge in [0.1, 0.15) is 11.4 Å². The van der Waals surface area contributed by atoms with E-state index < -0.39 is 0 Å². The topological polar surface area (TPSA) is 38.5 Å². The van der Waals surface area contributed by atoms with E-state index >= 15 is 0 Å². The Kier molecular flexibility index (Phi) is 4.48. The molecule has 0 saturated carbocycles. The van der Waals surface area contributed by atoms with Crippen LogP contribution in [-0.2, 0) is 0 Å². The third kappa shape index (κ3) is 4.51. The summed E-state index contributed by atoms with van der Waals surface area (Å²) in [6.07, 6.45) is 2.62. The Labute approximate surface area is 116 Å². The molecule has 1 aliphatic heterocycles. The molecule has 1 unspecified atom stereocenters. The number of hydrogen-bond acceptors (Lipinski definition) is 3. The van der Waals surface area contributed by atoms with Crippen LogP contribution >= 0.6 is 0 Å². The van der Waals surface area contributed by atoms with Crippen LogP contribution in [0.15, 0.2) is 24.3 Å². The van der Waals surface area contributed by atoms with Crippen LogP contribution < -0.4 is 10.5 Å². The Morgan fingerprint density at radius 3 is 2.26 bits per heavy atom. The van der Waals surface area contributed by atoms with Gasteiger partial charge in [0.15, 0.2) is 0 Å². The minimum atomic E-state index is -0.154. The molecule has 1 saturated heterocycles. The van der Waals surface area contributed by atoms with E-state index in [0.29, 0.717) is 0 Å². The van der Waals surface area contributed by atoms with Gasteiger partial charge in [-0.25, -0.2) is 0 Å². The number of benzene rings is 1. The first-order valence-corrected chi connectivity index (χ1v) is 7.21. The maximum atomic E-state index is 6.27. The van der Waals surface area contributed by atoms with Crippen molar-refractivity contribution in [3.05, 3.63) is 29.8 Å². The molecule has 1 heterocycles. The number of ether oxygens (including phenoxy) is 1. The molecule has 0 spiro atoms. The first kappa shape index (κ1) is 14.4. The molecular formula is C16H26N2O. The van der Waals surface area contributed by atoms with Crippen molar-refractivity contribution in [1.29, 1.82) is 0 Å². The molecule has 3 nitrogen and oxygen atoms in total. The van der Waals surface area contributed by atoms with Crippen LogP contribution in [0.1, 0.15) is 45.2 Å². The smallest absolute Gasteiger partial charge is 0.120 e. The second-order valence-electron chi connectivity index (χ2n) is 6.40. The van der Waals surface area contributed by atoms with E-state index in [4.69, 9.17) is 10.5 Å². The van der Waals surface area contributed by atoms with Gasteiger partial charge in [-0.1, -0.05) is 12.1 Å². The number of nitrogens with two attached hydrogens (primary N) is 1. The van der Waals surface area contributed by atoms with Crippen molar-refractivity contribution in [3.8, 4) is 5.75 Å². The summed E-state index contributed by atoms with van der Waals surface area (Å²) in [4.78, 5) is 2.45. The van der Waals surface area contributed by atoms with Gasteiger partial charge in [-0.05, 0) is 64.4 Å². The highest BCUT2D eigenvalue weighted by Crippen LogP contribution is 2.21. The molecule has 1 aromatic carbocycles. The molecule has 1 aromatic rings. The van der Waals surface area contributed by atoms with Crippen LogP contribution in [0.5, 0.6) is 5.75 Å². The highest BCUT2D eigenvalue weighted by atomic mass is 16.5. The van der Waals surface area contributed by atoms with Crippen LogP contribution in [0.4, 0.5) is 0 Å². The van der Waals surface area contributed by atoms with E-state index in [1.807, 2.05) is 12.1 Å². The zero-order valence-corrected chi connectivity index (χ0v) is 12.4. The summed E-state index contributed by atoms with van der Waals surface area (Å²) in [5.41, 5.74) is 7.30. The molecule has 0 amide bonds. The SMILES string of the molecule is CC(C)(C)Oc1ccc(C(N)CN2CCCC2)cc1. The standard InChI is InChI=1S/C16H26N2O/c1-16(2,3)19-14-8-6-13(7-9-14)15(17)12-18-10-4-5-11-18/h6-9,15H,4-5,10-12,17H2,1-3H3. The number of nitrogens with zero attached hydrogens (tertiary/aromatic N) is 1. The summed E-state index contributed by atoms with van der Waals surface area (Å²) in [6.45, 7) is 9.51. The first-order valence-electron chi connectivity index (χ1n) is 7.21. The molecule has 2 N–H and O–H groups in total. The van der Waals surface area contributed by atoms with Crippen molar-refractivity contribution in [2.75, 3.05) is 19.6 Å². The molecule has 1 fully saturated rings. The fourth-order valence-electron chi connectivity index (χ4n) is 2.49. The summed E-state index contributed by atoms with van der Waals surface area (Å²) >= 11 is 0. The highest BCUT2D eigenvalue weighted by molar-refractivity contribution is 5.29. The zero-order chi connectivity index (χ0) is 13.9. The van der Waals surface area contributed by atoms with E-state index in [0.717, 1.165) is 12.3 Å².